The third-order valence-electron chi connectivity index (χ3n) is 5.32. The Balaban J connectivity index is 1.68. The number of hydrogen-bond donors (Lipinski definition) is 0. The number of rotatable bonds is 3. The van der Waals surface area contributed by atoms with Crippen molar-refractivity contribution in [1.29, 1.82) is 0 Å². The molecular formula is C18H26N2O2. The van der Waals surface area contributed by atoms with E-state index in [0.29, 0.717) is 5.91 Å². The fraction of sp³-hybridized carbons (Fsp3) is 0.611. The first-order valence-corrected chi connectivity index (χ1v) is 8.25. The van der Waals surface area contributed by atoms with Crippen LogP contribution in [-0.4, -0.2) is 48.5 Å². The van der Waals surface area contributed by atoms with Gasteiger partial charge in [-0.05, 0) is 49.9 Å². The second-order valence-electron chi connectivity index (χ2n) is 6.69. The number of likely N-dealkylation sites (tertiary alicyclic amines) is 2. The molecule has 1 aromatic rings. The zero-order valence-electron chi connectivity index (χ0n) is 13.7. The minimum absolute atomic E-state index is 0.0695. The molecule has 1 aromatic carbocycles. The molecule has 0 radical (unpaired) electrons. The van der Waals surface area contributed by atoms with Crippen LogP contribution in [0.2, 0.25) is 0 Å². The van der Waals surface area contributed by atoms with E-state index in [1.807, 2.05) is 24.1 Å². The molecule has 4 nitrogen and oxygen atoms in total. The Morgan fingerprint density at radius 2 is 1.91 bits per heavy atom. The Morgan fingerprint density at radius 3 is 2.64 bits per heavy atom. The van der Waals surface area contributed by atoms with E-state index in [-0.39, 0.29) is 5.54 Å². The van der Waals surface area contributed by atoms with Crippen LogP contribution >= 0.6 is 0 Å². The third-order valence-corrected chi connectivity index (χ3v) is 5.32. The van der Waals surface area contributed by atoms with Gasteiger partial charge in [0.2, 0.25) is 5.91 Å². The number of amides is 1. The number of carbonyl (C=O) groups is 1. The van der Waals surface area contributed by atoms with Crippen molar-refractivity contribution < 1.29 is 9.53 Å². The van der Waals surface area contributed by atoms with E-state index in [2.05, 4.69) is 17.0 Å². The zero-order chi connectivity index (χ0) is 15.6. The molecule has 2 heterocycles. The van der Waals surface area contributed by atoms with Crippen molar-refractivity contribution in [3.8, 4) is 5.75 Å². The van der Waals surface area contributed by atoms with Crippen molar-refractivity contribution in [3.05, 3.63) is 29.8 Å². The van der Waals surface area contributed by atoms with Crippen molar-refractivity contribution >= 4 is 5.91 Å². The van der Waals surface area contributed by atoms with Crippen LogP contribution < -0.4 is 4.74 Å². The highest BCUT2D eigenvalue weighted by atomic mass is 16.5. The minimum atomic E-state index is 0.0695. The fourth-order valence-corrected chi connectivity index (χ4v) is 3.98. The lowest BCUT2D eigenvalue weighted by molar-refractivity contribution is -0.142. The van der Waals surface area contributed by atoms with Gasteiger partial charge in [-0.1, -0.05) is 12.1 Å². The molecule has 2 aliphatic rings. The Kier molecular flexibility index (Phi) is 4.39. The largest absolute Gasteiger partial charge is 0.497 e. The maximum Gasteiger partial charge on any atom is 0.222 e. The number of ether oxygens (including phenoxy) is 1. The van der Waals surface area contributed by atoms with Crippen molar-refractivity contribution in [2.24, 2.45) is 0 Å². The van der Waals surface area contributed by atoms with Crippen molar-refractivity contribution in [3.63, 3.8) is 0 Å². The van der Waals surface area contributed by atoms with E-state index in [1.165, 1.54) is 12.0 Å². The number of methoxy groups -OCH3 is 1. The van der Waals surface area contributed by atoms with Gasteiger partial charge in [0.1, 0.15) is 5.75 Å². The predicted molar refractivity (Wildman–Crippen MR) is 86.9 cm³/mol. The second kappa shape index (κ2) is 6.29. The lowest BCUT2D eigenvalue weighted by Crippen LogP contribution is -2.60. The van der Waals surface area contributed by atoms with E-state index in [9.17, 15) is 4.79 Å². The second-order valence-corrected chi connectivity index (χ2v) is 6.69. The average molecular weight is 302 g/mol. The molecule has 0 aliphatic carbocycles. The first kappa shape index (κ1) is 15.3. The van der Waals surface area contributed by atoms with E-state index in [4.69, 9.17) is 4.74 Å². The Morgan fingerprint density at radius 1 is 1.18 bits per heavy atom. The number of carbonyl (C=O) groups excluding carboxylic acids is 1. The standard InChI is InChI=1S/C18H26N2O2/c1-19-17(21)5-3-10-18(19)11-4-12-20(14-18)13-15-6-8-16(22-2)9-7-15/h6-9H,3-5,10-14H2,1-2H3. The van der Waals surface area contributed by atoms with Crippen LogP contribution in [0.15, 0.2) is 24.3 Å². The summed E-state index contributed by atoms with van der Waals surface area (Å²) in [5, 5.41) is 0. The normalized spacial score (nSPS) is 26.5. The summed E-state index contributed by atoms with van der Waals surface area (Å²) in [7, 11) is 3.69. The quantitative estimate of drug-likeness (QED) is 0.860. The molecule has 22 heavy (non-hydrogen) atoms. The van der Waals surface area contributed by atoms with Gasteiger partial charge in [0.05, 0.1) is 12.6 Å². The molecule has 120 valence electrons. The fourth-order valence-electron chi connectivity index (χ4n) is 3.98. The van der Waals surface area contributed by atoms with Crippen molar-refractivity contribution in [2.45, 2.75) is 44.2 Å². The number of likely N-dealkylation sites (N-methyl/N-ethyl adjacent to an activating group) is 1. The smallest absolute Gasteiger partial charge is 0.222 e. The number of nitrogens with zero attached hydrogens (tertiary/aromatic N) is 2. The predicted octanol–water partition coefficient (Wildman–Crippen LogP) is 2.67. The van der Waals surface area contributed by atoms with E-state index < -0.39 is 0 Å². The molecule has 1 unspecified atom stereocenters. The average Bonchev–Trinajstić information content (AvgIpc) is 2.54. The van der Waals surface area contributed by atoms with Crippen LogP contribution in [0.1, 0.15) is 37.7 Å². The molecule has 2 saturated heterocycles. The van der Waals surface area contributed by atoms with Gasteiger partial charge in [0.15, 0.2) is 0 Å². The summed E-state index contributed by atoms with van der Waals surface area (Å²) in [5.74, 6) is 1.22. The number of hydrogen-bond acceptors (Lipinski definition) is 3. The van der Waals surface area contributed by atoms with E-state index >= 15 is 0 Å². The van der Waals surface area contributed by atoms with Gasteiger partial charge in [-0.15, -0.1) is 0 Å². The summed E-state index contributed by atoms with van der Waals surface area (Å²) in [6, 6.07) is 8.31. The summed E-state index contributed by atoms with van der Waals surface area (Å²) >= 11 is 0. The Bertz CT molecular complexity index is 524. The van der Waals surface area contributed by atoms with Crippen LogP contribution in [0.4, 0.5) is 0 Å². The van der Waals surface area contributed by atoms with Gasteiger partial charge in [-0.2, -0.15) is 0 Å². The van der Waals surface area contributed by atoms with E-state index in [1.54, 1.807) is 7.11 Å². The maximum atomic E-state index is 12.1. The summed E-state index contributed by atoms with van der Waals surface area (Å²) in [5.41, 5.74) is 1.38. The van der Waals surface area contributed by atoms with Crippen LogP contribution in [0.3, 0.4) is 0 Å². The van der Waals surface area contributed by atoms with Gasteiger partial charge in [-0.3, -0.25) is 9.69 Å². The molecule has 0 aromatic heterocycles. The van der Waals surface area contributed by atoms with Gasteiger partial charge in [-0.25, -0.2) is 0 Å². The Hall–Kier alpha value is -1.55. The first-order chi connectivity index (χ1) is 10.6. The molecule has 0 saturated carbocycles. The van der Waals surface area contributed by atoms with Gasteiger partial charge in [0, 0.05) is 26.6 Å². The molecule has 0 N–H and O–H groups in total. The highest BCUT2D eigenvalue weighted by molar-refractivity contribution is 5.77. The first-order valence-electron chi connectivity index (χ1n) is 8.25. The van der Waals surface area contributed by atoms with Gasteiger partial charge >= 0.3 is 0 Å². The SMILES string of the molecule is COc1ccc(CN2CCCC3(CCCC(=O)N3C)C2)cc1. The molecule has 2 fully saturated rings. The lowest BCUT2D eigenvalue weighted by Gasteiger charge is -2.50. The topological polar surface area (TPSA) is 32.8 Å². The highest BCUT2D eigenvalue weighted by Crippen LogP contribution is 2.36. The van der Waals surface area contributed by atoms with Gasteiger partial charge < -0.3 is 9.64 Å². The monoisotopic (exact) mass is 302 g/mol. The van der Waals surface area contributed by atoms with Crippen molar-refractivity contribution in [1.82, 2.24) is 9.80 Å². The molecule has 3 rings (SSSR count). The molecule has 1 atom stereocenters. The molecule has 0 bridgehead atoms. The minimum Gasteiger partial charge on any atom is -0.497 e. The molecule has 1 amide bonds. The third kappa shape index (κ3) is 2.98. The summed E-state index contributed by atoms with van der Waals surface area (Å²) < 4.78 is 5.22. The molecule has 1 spiro atoms. The summed E-state index contributed by atoms with van der Waals surface area (Å²) in [6.45, 7) is 3.07. The molecule has 4 heteroatoms. The number of benzene rings is 1. The van der Waals surface area contributed by atoms with Crippen LogP contribution in [-0.2, 0) is 11.3 Å². The summed E-state index contributed by atoms with van der Waals surface area (Å²) in [4.78, 5) is 16.6. The Labute approximate surface area is 133 Å². The molecular weight excluding hydrogens is 276 g/mol. The van der Waals surface area contributed by atoms with Crippen LogP contribution in [0.25, 0.3) is 0 Å². The number of piperidine rings is 2. The highest BCUT2D eigenvalue weighted by Gasteiger charge is 2.42. The van der Waals surface area contributed by atoms with E-state index in [0.717, 1.165) is 51.1 Å². The zero-order valence-corrected chi connectivity index (χ0v) is 13.7. The van der Waals surface area contributed by atoms with Crippen LogP contribution in [0, 0.1) is 0 Å². The summed E-state index contributed by atoms with van der Waals surface area (Å²) in [6.07, 6.45) is 5.23. The van der Waals surface area contributed by atoms with Gasteiger partial charge in [0.25, 0.3) is 0 Å². The lowest BCUT2D eigenvalue weighted by atomic mass is 9.80. The maximum absolute atomic E-state index is 12.1. The van der Waals surface area contributed by atoms with Crippen molar-refractivity contribution in [2.75, 3.05) is 27.2 Å². The van der Waals surface area contributed by atoms with Crippen LogP contribution in [0.5, 0.6) is 5.75 Å². The molecule has 2 aliphatic heterocycles.